The van der Waals surface area contributed by atoms with Crippen LogP contribution in [0.2, 0.25) is 0 Å². The normalized spacial score (nSPS) is 21.2. The van der Waals surface area contributed by atoms with Gasteiger partial charge in [0.15, 0.2) is 0 Å². The summed E-state index contributed by atoms with van der Waals surface area (Å²) < 4.78 is 6.11. The molecular weight excluding hydrogens is 362 g/mol. The lowest BCUT2D eigenvalue weighted by atomic mass is 10.0. The highest BCUT2D eigenvalue weighted by Gasteiger charge is 2.27. The van der Waals surface area contributed by atoms with Crippen LogP contribution in [0.5, 0.6) is 0 Å². The van der Waals surface area contributed by atoms with Crippen molar-refractivity contribution in [3.63, 3.8) is 0 Å². The minimum atomic E-state index is -0.0992. The molecule has 0 bridgehead atoms. The molecule has 29 heavy (non-hydrogen) atoms. The Labute approximate surface area is 176 Å². The van der Waals surface area contributed by atoms with E-state index in [-0.39, 0.29) is 18.0 Å². The summed E-state index contributed by atoms with van der Waals surface area (Å²) in [6.45, 7) is 12.5. The monoisotopic (exact) mass is 401 g/mol. The number of rotatable bonds is 9. The Morgan fingerprint density at radius 2 is 1.76 bits per heavy atom. The Kier molecular flexibility index (Phi) is 8.52. The SMILES string of the molecule is CCc1ccc([C@H](C)NC(=O)[C@H](C)N2CCC(OCCN3CCCC3)CC2)cc1. The number of hydrogen-bond acceptors (Lipinski definition) is 4. The molecule has 2 aliphatic heterocycles. The Balaban J connectivity index is 1.37. The highest BCUT2D eigenvalue weighted by Crippen LogP contribution is 2.18. The molecule has 0 saturated carbocycles. The van der Waals surface area contributed by atoms with E-state index in [9.17, 15) is 4.79 Å². The fraction of sp³-hybridized carbons (Fsp3) is 0.708. The first-order chi connectivity index (χ1) is 14.1. The molecule has 162 valence electrons. The van der Waals surface area contributed by atoms with E-state index in [2.05, 4.69) is 53.2 Å². The van der Waals surface area contributed by atoms with Gasteiger partial charge in [-0.05, 0) is 70.2 Å². The van der Waals surface area contributed by atoms with Crippen LogP contribution in [0, 0.1) is 0 Å². The number of benzene rings is 1. The summed E-state index contributed by atoms with van der Waals surface area (Å²) in [7, 11) is 0. The standard InChI is InChI=1S/C24H39N3O2/c1-4-21-7-9-22(10-8-21)19(2)25-24(28)20(3)27-15-11-23(12-16-27)29-18-17-26-13-5-6-14-26/h7-10,19-20,23H,4-6,11-18H2,1-3H3,(H,25,28)/t19-,20-/m0/s1. The molecule has 0 unspecified atom stereocenters. The molecule has 0 spiro atoms. The van der Waals surface area contributed by atoms with Gasteiger partial charge in [0.1, 0.15) is 0 Å². The minimum absolute atomic E-state index is 0.0299. The topological polar surface area (TPSA) is 44.8 Å². The van der Waals surface area contributed by atoms with Crippen LogP contribution >= 0.6 is 0 Å². The van der Waals surface area contributed by atoms with Gasteiger partial charge >= 0.3 is 0 Å². The molecule has 5 heteroatoms. The zero-order valence-electron chi connectivity index (χ0n) is 18.5. The minimum Gasteiger partial charge on any atom is -0.377 e. The Hall–Kier alpha value is -1.43. The van der Waals surface area contributed by atoms with Crippen molar-refractivity contribution in [2.75, 3.05) is 39.3 Å². The van der Waals surface area contributed by atoms with Crippen LogP contribution in [0.4, 0.5) is 0 Å². The summed E-state index contributed by atoms with van der Waals surface area (Å²) in [6, 6.07) is 8.48. The predicted molar refractivity (Wildman–Crippen MR) is 118 cm³/mol. The van der Waals surface area contributed by atoms with Gasteiger partial charge in [-0.25, -0.2) is 0 Å². The highest BCUT2D eigenvalue weighted by molar-refractivity contribution is 5.81. The highest BCUT2D eigenvalue weighted by atomic mass is 16.5. The van der Waals surface area contributed by atoms with Crippen molar-refractivity contribution in [1.29, 1.82) is 0 Å². The van der Waals surface area contributed by atoms with Crippen LogP contribution < -0.4 is 5.32 Å². The average molecular weight is 402 g/mol. The molecule has 5 nitrogen and oxygen atoms in total. The maximum Gasteiger partial charge on any atom is 0.237 e. The smallest absolute Gasteiger partial charge is 0.237 e. The fourth-order valence-electron chi connectivity index (χ4n) is 4.41. The van der Waals surface area contributed by atoms with E-state index in [4.69, 9.17) is 4.74 Å². The molecule has 0 radical (unpaired) electrons. The van der Waals surface area contributed by atoms with Gasteiger partial charge in [0.25, 0.3) is 0 Å². The number of aryl methyl sites for hydroxylation is 1. The molecule has 0 aliphatic carbocycles. The van der Waals surface area contributed by atoms with Gasteiger partial charge < -0.3 is 15.0 Å². The molecule has 1 aromatic rings. The number of carbonyl (C=O) groups is 1. The van der Waals surface area contributed by atoms with Crippen LogP contribution in [0.1, 0.15) is 63.6 Å². The number of nitrogens with zero attached hydrogens (tertiary/aromatic N) is 2. The van der Waals surface area contributed by atoms with E-state index in [1.54, 1.807) is 0 Å². The van der Waals surface area contributed by atoms with Crippen LogP contribution in [-0.2, 0) is 16.0 Å². The van der Waals surface area contributed by atoms with E-state index in [1.165, 1.54) is 31.5 Å². The van der Waals surface area contributed by atoms with E-state index < -0.39 is 0 Å². The molecule has 1 N–H and O–H groups in total. The second-order valence-corrected chi connectivity index (χ2v) is 8.66. The van der Waals surface area contributed by atoms with E-state index in [1.807, 2.05) is 6.92 Å². The summed E-state index contributed by atoms with van der Waals surface area (Å²) in [5.41, 5.74) is 2.49. The van der Waals surface area contributed by atoms with Gasteiger partial charge in [0.2, 0.25) is 5.91 Å². The number of carbonyl (C=O) groups excluding carboxylic acids is 1. The molecule has 0 aromatic heterocycles. The zero-order valence-corrected chi connectivity index (χ0v) is 18.5. The van der Waals surface area contributed by atoms with Crippen molar-refractivity contribution in [2.24, 2.45) is 0 Å². The lowest BCUT2D eigenvalue weighted by Gasteiger charge is -2.35. The number of nitrogens with one attached hydrogen (secondary N) is 1. The van der Waals surface area contributed by atoms with Gasteiger partial charge in [0.05, 0.1) is 24.8 Å². The molecule has 2 heterocycles. The molecule has 1 aromatic carbocycles. The average Bonchev–Trinajstić information content (AvgIpc) is 3.27. The first kappa shape index (κ1) is 22.3. The summed E-state index contributed by atoms with van der Waals surface area (Å²) >= 11 is 0. The van der Waals surface area contributed by atoms with Gasteiger partial charge in [0, 0.05) is 19.6 Å². The number of ether oxygens (including phenoxy) is 1. The molecule has 2 saturated heterocycles. The predicted octanol–water partition coefficient (Wildman–Crippen LogP) is 3.39. The second-order valence-electron chi connectivity index (χ2n) is 8.66. The van der Waals surface area contributed by atoms with Crippen LogP contribution in [-0.4, -0.2) is 67.2 Å². The van der Waals surface area contributed by atoms with Crippen molar-refractivity contribution in [3.05, 3.63) is 35.4 Å². The summed E-state index contributed by atoms with van der Waals surface area (Å²) in [5.74, 6) is 0.116. The molecule has 2 aliphatic rings. The first-order valence-electron chi connectivity index (χ1n) is 11.5. The third-order valence-corrected chi connectivity index (χ3v) is 6.61. The van der Waals surface area contributed by atoms with Crippen molar-refractivity contribution in [1.82, 2.24) is 15.1 Å². The van der Waals surface area contributed by atoms with Gasteiger partial charge in [-0.3, -0.25) is 9.69 Å². The Morgan fingerprint density at radius 1 is 1.10 bits per heavy atom. The van der Waals surface area contributed by atoms with Crippen molar-refractivity contribution in [2.45, 2.75) is 71.1 Å². The summed E-state index contributed by atoms with van der Waals surface area (Å²) in [6.07, 6.45) is 6.09. The zero-order chi connectivity index (χ0) is 20.6. The second kappa shape index (κ2) is 11.1. The number of hydrogen-bond donors (Lipinski definition) is 1. The molecule has 3 rings (SSSR count). The first-order valence-corrected chi connectivity index (χ1v) is 11.5. The van der Waals surface area contributed by atoms with Crippen LogP contribution in [0.25, 0.3) is 0 Å². The lowest BCUT2D eigenvalue weighted by molar-refractivity contribution is -0.127. The van der Waals surface area contributed by atoms with Gasteiger partial charge in [-0.15, -0.1) is 0 Å². The van der Waals surface area contributed by atoms with E-state index in [0.29, 0.717) is 6.10 Å². The maximum atomic E-state index is 12.8. The Bertz CT molecular complexity index is 620. The molecule has 1 amide bonds. The van der Waals surface area contributed by atoms with Crippen LogP contribution in [0.15, 0.2) is 24.3 Å². The lowest BCUT2D eigenvalue weighted by Crippen LogP contribution is -2.49. The summed E-state index contributed by atoms with van der Waals surface area (Å²) in [5, 5.41) is 3.19. The third-order valence-electron chi connectivity index (χ3n) is 6.61. The fourth-order valence-corrected chi connectivity index (χ4v) is 4.41. The third kappa shape index (κ3) is 6.53. The largest absolute Gasteiger partial charge is 0.377 e. The number of amides is 1. The maximum absolute atomic E-state index is 12.8. The Morgan fingerprint density at radius 3 is 2.38 bits per heavy atom. The van der Waals surface area contributed by atoms with Gasteiger partial charge in [-0.2, -0.15) is 0 Å². The quantitative estimate of drug-likeness (QED) is 0.689. The van der Waals surface area contributed by atoms with Crippen molar-refractivity contribution >= 4 is 5.91 Å². The number of piperidine rings is 1. The summed E-state index contributed by atoms with van der Waals surface area (Å²) in [4.78, 5) is 17.6. The van der Waals surface area contributed by atoms with Crippen molar-refractivity contribution in [3.8, 4) is 0 Å². The van der Waals surface area contributed by atoms with E-state index >= 15 is 0 Å². The molecule has 2 fully saturated rings. The number of likely N-dealkylation sites (tertiary alicyclic amines) is 2. The molecular formula is C24H39N3O2. The van der Waals surface area contributed by atoms with Crippen molar-refractivity contribution < 1.29 is 9.53 Å². The van der Waals surface area contributed by atoms with Crippen LogP contribution in [0.3, 0.4) is 0 Å². The van der Waals surface area contributed by atoms with E-state index in [0.717, 1.165) is 51.1 Å². The molecule has 2 atom stereocenters. The van der Waals surface area contributed by atoms with Gasteiger partial charge in [-0.1, -0.05) is 31.2 Å².